The van der Waals surface area contributed by atoms with Gasteiger partial charge in [0.15, 0.2) is 11.5 Å². The molecular formula is C13H22O9. The second-order valence-electron chi connectivity index (χ2n) is 4.44. The van der Waals surface area contributed by atoms with Gasteiger partial charge in [-0.3, -0.25) is 9.59 Å². The predicted octanol–water partition coefficient (Wildman–Crippen LogP) is -2.31. The van der Waals surface area contributed by atoms with E-state index in [-0.39, 0.29) is 33.0 Å². The molecule has 0 spiro atoms. The Hall–Kier alpha value is -1.36. The molecule has 0 bridgehead atoms. The predicted molar refractivity (Wildman–Crippen MR) is 73.1 cm³/mol. The van der Waals surface area contributed by atoms with Crippen LogP contribution < -0.4 is 0 Å². The Morgan fingerprint density at radius 2 is 1.73 bits per heavy atom. The van der Waals surface area contributed by atoms with Gasteiger partial charge in [-0.15, -0.1) is 0 Å². The fourth-order valence-electron chi connectivity index (χ4n) is 1.61. The van der Waals surface area contributed by atoms with E-state index in [0.29, 0.717) is 0 Å². The van der Waals surface area contributed by atoms with Crippen molar-refractivity contribution in [1.82, 2.24) is 0 Å². The van der Waals surface area contributed by atoms with Crippen LogP contribution in [0, 0.1) is 0 Å². The van der Waals surface area contributed by atoms with Crippen LogP contribution in [0.3, 0.4) is 0 Å². The van der Waals surface area contributed by atoms with Gasteiger partial charge in [-0.25, -0.2) is 0 Å². The molecule has 0 amide bonds. The molecule has 0 saturated carbocycles. The van der Waals surface area contributed by atoms with Gasteiger partial charge in [0.05, 0.1) is 13.2 Å². The number of ketones is 2. The highest BCUT2D eigenvalue weighted by molar-refractivity contribution is 5.94. The molecule has 0 aliphatic carbocycles. The Labute approximate surface area is 127 Å². The van der Waals surface area contributed by atoms with Crippen molar-refractivity contribution in [2.75, 3.05) is 26.4 Å². The van der Waals surface area contributed by atoms with E-state index in [0.717, 1.165) is 0 Å². The Kier molecular flexibility index (Phi) is 9.02. The summed E-state index contributed by atoms with van der Waals surface area (Å²) >= 11 is 0. The van der Waals surface area contributed by atoms with E-state index in [1.165, 1.54) is 6.08 Å². The van der Waals surface area contributed by atoms with E-state index in [2.05, 4.69) is 0 Å². The molecule has 0 aromatic carbocycles. The molecule has 1 fully saturated rings. The fourth-order valence-corrected chi connectivity index (χ4v) is 1.61. The normalized spacial score (nSPS) is 31.5. The summed E-state index contributed by atoms with van der Waals surface area (Å²) in [5, 5.41) is 43.9. The van der Waals surface area contributed by atoms with Crippen molar-refractivity contribution in [3.05, 3.63) is 11.8 Å². The van der Waals surface area contributed by atoms with Gasteiger partial charge in [0.1, 0.15) is 37.6 Å². The highest BCUT2D eigenvalue weighted by Crippen LogP contribution is 2.11. The van der Waals surface area contributed by atoms with Crippen molar-refractivity contribution in [3.63, 3.8) is 0 Å². The third-order valence-electron chi connectivity index (χ3n) is 2.89. The molecule has 2 aliphatic rings. The Morgan fingerprint density at radius 1 is 1.09 bits per heavy atom. The molecule has 1 saturated heterocycles. The zero-order valence-corrected chi connectivity index (χ0v) is 11.1. The van der Waals surface area contributed by atoms with Crippen LogP contribution in [0.15, 0.2) is 11.8 Å². The number of ether oxygens (including phenoxy) is 2. The summed E-state index contributed by atoms with van der Waals surface area (Å²) in [6.07, 6.45) is -2.89. The first-order valence-electron chi connectivity index (χ1n) is 6.18. The smallest absolute Gasteiger partial charge is 0.222 e. The fraction of sp³-hybridized carbons (Fsp3) is 0.692. The SMILES string of the molecule is C.O=C1CO[C@H](CO)C(O)[C@@H]1O.O=C1CO[C@H](CO)C=C1O. The van der Waals surface area contributed by atoms with E-state index in [1.54, 1.807) is 0 Å². The van der Waals surface area contributed by atoms with Crippen molar-refractivity contribution < 1.29 is 44.6 Å². The standard InChI is InChI=1S/C6H10O5.C6H8O4.CH4/c7-1-4-6(10)5(9)3(8)2-11-4;7-2-4-1-5(8)6(9)3-10-4;/h4-7,9-10H,1-2H2;1,4,7-8H,2-3H2;1H4/t4-,5-,6?;4-;/m10./s1. The molecule has 5 N–H and O–H groups in total. The summed E-state index contributed by atoms with van der Waals surface area (Å²) in [5.74, 6) is -1.31. The molecule has 2 aliphatic heterocycles. The minimum Gasteiger partial charge on any atom is -0.504 e. The van der Waals surface area contributed by atoms with Crippen LogP contribution in [0.4, 0.5) is 0 Å². The molecule has 0 aromatic rings. The first-order valence-corrected chi connectivity index (χ1v) is 6.18. The van der Waals surface area contributed by atoms with Crippen molar-refractivity contribution >= 4 is 11.6 Å². The van der Waals surface area contributed by atoms with E-state index < -0.39 is 42.6 Å². The topological polar surface area (TPSA) is 154 Å². The second-order valence-corrected chi connectivity index (χ2v) is 4.44. The largest absolute Gasteiger partial charge is 0.504 e. The number of hydrogen-bond acceptors (Lipinski definition) is 9. The van der Waals surface area contributed by atoms with Gasteiger partial charge in [0, 0.05) is 0 Å². The highest BCUT2D eigenvalue weighted by Gasteiger charge is 2.36. The minimum absolute atomic E-state index is 0. The van der Waals surface area contributed by atoms with Crippen LogP contribution in [0.2, 0.25) is 0 Å². The van der Waals surface area contributed by atoms with Gasteiger partial charge in [-0.05, 0) is 6.08 Å². The van der Waals surface area contributed by atoms with Gasteiger partial charge in [-0.1, -0.05) is 7.43 Å². The molecule has 9 nitrogen and oxygen atoms in total. The Morgan fingerprint density at radius 3 is 2.23 bits per heavy atom. The van der Waals surface area contributed by atoms with Crippen molar-refractivity contribution in [2.24, 2.45) is 0 Å². The number of hydrogen-bond donors (Lipinski definition) is 5. The molecule has 1 unspecified atom stereocenters. The molecule has 0 aromatic heterocycles. The summed E-state index contributed by atoms with van der Waals surface area (Å²) < 4.78 is 9.49. The number of aliphatic hydroxyl groups excluding tert-OH is 5. The molecule has 128 valence electrons. The van der Waals surface area contributed by atoms with Gasteiger partial charge < -0.3 is 35.0 Å². The average molecular weight is 322 g/mol. The Bertz CT molecular complexity index is 406. The van der Waals surface area contributed by atoms with E-state index in [4.69, 9.17) is 35.0 Å². The van der Waals surface area contributed by atoms with E-state index >= 15 is 0 Å². The first-order chi connectivity index (χ1) is 9.90. The third-order valence-corrected chi connectivity index (χ3v) is 2.89. The van der Waals surface area contributed by atoms with Crippen molar-refractivity contribution in [2.45, 2.75) is 31.8 Å². The molecule has 2 heterocycles. The number of Topliss-reactive ketones (excluding diaryl/α,β-unsaturated/α-hetero) is 2. The minimum atomic E-state index is -1.42. The van der Waals surface area contributed by atoms with Crippen molar-refractivity contribution in [3.8, 4) is 0 Å². The summed E-state index contributed by atoms with van der Waals surface area (Å²) in [7, 11) is 0. The maximum absolute atomic E-state index is 10.6. The zero-order valence-electron chi connectivity index (χ0n) is 11.1. The van der Waals surface area contributed by atoms with E-state index in [1.807, 2.05) is 0 Å². The van der Waals surface area contributed by atoms with Crippen LogP contribution in [0.1, 0.15) is 7.43 Å². The molecule has 22 heavy (non-hydrogen) atoms. The monoisotopic (exact) mass is 322 g/mol. The lowest BCUT2D eigenvalue weighted by molar-refractivity contribution is -0.170. The molecule has 4 atom stereocenters. The van der Waals surface area contributed by atoms with Crippen LogP contribution in [-0.4, -0.2) is 87.9 Å². The zero-order chi connectivity index (χ0) is 16.0. The van der Waals surface area contributed by atoms with Gasteiger partial charge in [0.25, 0.3) is 0 Å². The van der Waals surface area contributed by atoms with Crippen LogP contribution in [0.25, 0.3) is 0 Å². The van der Waals surface area contributed by atoms with Gasteiger partial charge in [0.2, 0.25) is 5.78 Å². The molecule has 9 heteroatoms. The maximum Gasteiger partial charge on any atom is 0.222 e. The summed E-state index contributed by atoms with van der Waals surface area (Å²) in [4.78, 5) is 21.2. The lowest BCUT2D eigenvalue weighted by atomic mass is 10.0. The molecular weight excluding hydrogens is 300 g/mol. The maximum atomic E-state index is 10.6. The lowest BCUT2D eigenvalue weighted by Gasteiger charge is -2.29. The number of aliphatic hydroxyl groups is 5. The number of carbonyl (C=O) groups excluding carboxylic acids is 2. The summed E-state index contributed by atoms with van der Waals surface area (Å²) in [5.41, 5.74) is 0. The molecule has 2 rings (SSSR count). The van der Waals surface area contributed by atoms with Gasteiger partial charge in [-0.2, -0.15) is 0 Å². The molecule has 0 radical (unpaired) electrons. The van der Waals surface area contributed by atoms with Gasteiger partial charge >= 0.3 is 0 Å². The van der Waals surface area contributed by atoms with E-state index in [9.17, 15) is 9.59 Å². The van der Waals surface area contributed by atoms with Crippen LogP contribution >= 0.6 is 0 Å². The second kappa shape index (κ2) is 9.62. The average Bonchev–Trinajstić information content (AvgIpc) is 2.48. The Balaban J connectivity index is 0.000000385. The first kappa shape index (κ1) is 20.6. The third kappa shape index (κ3) is 5.44. The number of carbonyl (C=O) groups is 2. The number of rotatable bonds is 2. The quantitative estimate of drug-likeness (QED) is 0.377. The van der Waals surface area contributed by atoms with Crippen LogP contribution in [0.5, 0.6) is 0 Å². The summed E-state index contributed by atoms with van der Waals surface area (Å²) in [6, 6.07) is 0. The van der Waals surface area contributed by atoms with Crippen molar-refractivity contribution in [1.29, 1.82) is 0 Å². The summed E-state index contributed by atoms with van der Waals surface area (Å²) in [6.45, 7) is -1.00. The lowest BCUT2D eigenvalue weighted by Crippen LogP contribution is -2.51. The van der Waals surface area contributed by atoms with Crippen LogP contribution in [-0.2, 0) is 19.1 Å². The highest BCUT2D eigenvalue weighted by atomic mass is 16.5.